The molecule has 0 atom stereocenters. The van der Waals surface area contributed by atoms with E-state index < -0.39 is 0 Å². The molecule has 1 aromatic carbocycles. The van der Waals surface area contributed by atoms with Gasteiger partial charge in [-0.1, -0.05) is 38.8 Å². The highest BCUT2D eigenvalue weighted by molar-refractivity contribution is 5.34. The fourth-order valence-corrected chi connectivity index (χ4v) is 3.71. The van der Waals surface area contributed by atoms with Crippen LogP contribution < -0.4 is 5.32 Å². The Hall–Kier alpha value is -1.40. The van der Waals surface area contributed by atoms with E-state index in [4.69, 9.17) is 5.26 Å². The molecule has 3 heteroatoms. The van der Waals surface area contributed by atoms with Gasteiger partial charge in [0.2, 0.25) is 0 Å². The lowest BCUT2D eigenvalue weighted by Gasteiger charge is -2.31. The van der Waals surface area contributed by atoms with Gasteiger partial charge in [-0.25, -0.2) is 4.39 Å². The highest BCUT2D eigenvalue weighted by Gasteiger charge is 2.33. The van der Waals surface area contributed by atoms with Crippen molar-refractivity contribution in [3.8, 4) is 6.07 Å². The summed E-state index contributed by atoms with van der Waals surface area (Å²) in [6.45, 7) is 5.99. The van der Waals surface area contributed by atoms with E-state index in [1.165, 1.54) is 38.2 Å². The first kappa shape index (κ1) is 16.0. The normalized spacial score (nSPS) is 17.1. The van der Waals surface area contributed by atoms with E-state index in [-0.39, 0.29) is 11.4 Å². The van der Waals surface area contributed by atoms with Crippen LogP contribution in [0.4, 0.5) is 4.39 Å². The Morgan fingerprint density at radius 2 is 2.05 bits per heavy atom. The van der Waals surface area contributed by atoms with Crippen molar-refractivity contribution in [3.05, 3.63) is 35.1 Å². The predicted molar refractivity (Wildman–Crippen MR) is 83.2 cm³/mol. The van der Waals surface area contributed by atoms with Gasteiger partial charge in [-0.15, -0.1) is 0 Å². The lowest BCUT2D eigenvalue weighted by molar-refractivity contribution is 0.223. The minimum atomic E-state index is -0.378. The van der Waals surface area contributed by atoms with Gasteiger partial charge in [-0.3, -0.25) is 0 Å². The van der Waals surface area contributed by atoms with Gasteiger partial charge in [-0.05, 0) is 36.7 Å². The van der Waals surface area contributed by atoms with E-state index in [9.17, 15) is 4.39 Å². The van der Waals surface area contributed by atoms with E-state index >= 15 is 0 Å². The number of halogens is 1. The molecule has 0 amide bonds. The Morgan fingerprint density at radius 3 is 2.67 bits per heavy atom. The largest absolute Gasteiger partial charge is 0.312 e. The number of benzene rings is 1. The third kappa shape index (κ3) is 4.04. The van der Waals surface area contributed by atoms with Crippen molar-refractivity contribution in [2.45, 2.75) is 52.5 Å². The summed E-state index contributed by atoms with van der Waals surface area (Å²) in [7, 11) is 0. The van der Waals surface area contributed by atoms with E-state index in [1.54, 1.807) is 12.1 Å². The predicted octanol–water partition coefficient (Wildman–Crippen LogP) is 4.39. The highest BCUT2D eigenvalue weighted by Crippen LogP contribution is 2.42. The van der Waals surface area contributed by atoms with Crippen LogP contribution in [0.5, 0.6) is 0 Å². The molecule has 2 nitrogen and oxygen atoms in total. The van der Waals surface area contributed by atoms with Crippen LogP contribution in [0.1, 0.15) is 57.1 Å². The molecule has 0 heterocycles. The number of nitrogens with zero attached hydrogens (tertiary/aromatic N) is 1. The van der Waals surface area contributed by atoms with Crippen molar-refractivity contribution in [2.75, 3.05) is 6.54 Å². The van der Waals surface area contributed by atoms with Crippen molar-refractivity contribution < 1.29 is 4.39 Å². The number of hydrogen-bond acceptors (Lipinski definition) is 2. The molecule has 0 aromatic heterocycles. The zero-order chi connectivity index (χ0) is 15.3. The summed E-state index contributed by atoms with van der Waals surface area (Å²) < 4.78 is 14.0. The molecule has 0 bridgehead atoms. The van der Waals surface area contributed by atoms with Crippen molar-refractivity contribution in [3.63, 3.8) is 0 Å². The van der Waals surface area contributed by atoms with Gasteiger partial charge >= 0.3 is 0 Å². The quantitative estimate of drug-likeness (QED) is 0.842. The van der Waals surface area contributed by atoms with Crippen molar-refractivity contribution in [1.82, 2.24) is 5.32 Å². The van der Waals surface area contributed by atoms with Gasteiger partial charge in [0, 0.05) is 18.7 Å². The average Bonchev–Trinajstić information content (AvgIpc) is 2.88. The molecule has 0 spiro atoms. The molecule has 1 N–H and O–H groups in total. The summed E-state index contributed by atoms with van der Waals surface area (Å²) >= 11 is 0. The first-order valence-corrected chi connectivity index (χ1v) is 7.94. The molecule has 21 heavy (non-hydrogen) atoms. The number of hydrogen-bond donors (Lipinski definition) is 1. The van der Waals surface area contributed by atoms with Crippen LogP contribution in [0.3, 0.4) is 0 Å². The van der Waals surface area contributed by atoms with Crippen LogP contribution in [-0.2, 0) is 6.54 Å². The second kappa shape index (κ2) is 7.04. The maximum atomic E-state index is 14.0. The van der Waals surface area contributed by atoms with Gasteiger partial charge in [0.1, 0.15) is 11.9 Å². The standard InChI is InChI=1S/C18H25FN2/c1-14(2)10-18(8-3-4-9-18)13-21-12-16-7-5-6-15(11-20)17(16)19/h5-7,14,21H,3-4,8-10,12-13H2,1-2H3. The lowest BCUT2D eigenvalue weighted by atomic mass is 9.78. The molecule has 0 radical (unpaired) electrons. The Kier molecular flexibility index (Phi) is 5.36. The monoisotopic (exact) mass is 288 g/mol. The molecule has 114 valence electrons. The fraction of sp³-hybridized carbons (Fsp3) is 0.611. The summed E-state index contributed by atoms with van der Waals surface area (Å²) in [4.78, 5) is 0. The van der Waals surface area contributed by atoms with Gasteiger partial charge in [0.25, 0.3) is 0 Å². The Balaban J connectivity index is 1.95. The summed E-state index contributed by atoms with van der Waals surface area (Å²) in [5.74, 6) is 0.320. The molecule has 1 saturated carbocycles. The third-order valence-corrected chi connectivity index (χ3v) is 4.52. The average molecular weight is 288 g/mol. The number of nitriles is 1. The fourth-order valence-electron chi connectivity index (χ4n) is 3.71. The summed E-state index contributed by atoms with van der Waals surface area (Å²) in [5.41, 5.74) is 1.11. The molecule has 1 aliphatic rings. The summed E-state index contributed by atoms with van der Waals surface area (Å²) in [5, 5.41) is 12.3. The molecule has 0 unspecified atom stereocenters. The molecule has 1 fully saturated rings. The zero-order valence-corrected chi connectivity index (χ0v) is 13.1. The van der Waals surface area contributed by atoms with E-state index in [0.29, 0.717) is 23.4 Å². The molecular formula is C18H25FN2. The molecule has 2 rings (SSSR count). The molecule has 0 saturated heterocycles. The maximum absolute atomic E-state index is 14.0. The Morgan fingerprint density at radius 1 is 1.33 bits per heavy atom. The SMILES string of the molecule is CC(C)CC1(CNCc2cccc(C#N)c2F)CCCC1. The number of nitrogens with one attached hydrogen (secondary N) is 1. The van der Waals surface area contributed by atoms with Crippen molar-refractivity contribution in [1.29, 1.82) is 5.26 Å². The second-order valence-corrected chi connectivity index (χ2v) is 6.80. The van der Waals surface area contributed by atoms with Gasteiger partial charge < -0.3 is 5.32 Å². The van der Waals surface area contributed by atoms with E-state index in [0.717, 1.165) is 6.54 Å². The van der Waals surface area contributed by atoms with Crippen molar-refractivity contribution >= 4 is 0 Å². The van der Waals surface area contributed by atoms with Crippen LogP contribution in [0.15, 0.2) is 18.2 Å². The van der Waals surface area contributed by atoms with Crippen LogP contribution in [0, 0.1) is 28.5 Å². The first-order chi connectivity index (χ1) is 10.1. The van der Waals surface area contributed by atoms with Crippen LogP contribution in [0.2, 0.25) is 0 Å². The third-order valence-electron chi connectivity index (χ3n) is 4.52. The smallest absolute Gasteiger partial charge is 0.145 e. The maximum Gasteiger partial charge on any atom is 0.145 e. The minimum absolute atomic E-state index is 0.132. The number of rotatable bonds is 6. The van der Waals surface area contributed by atoms with Gasteiger partial charge in [0.05, 0.1) is 5.56 Å². The Labute approximate surface area is 127 Å². The molecular weight excluding hydrogens is 263 g/mol. The van der Waals surface area contributed by atoms with Gasteiger partial charge in [0.15, 0.2) is 0 Å². The van der Waals surface area contributed by atoms with E-state index in [1.807, 2.05) is 6.07 Å². The summed E-state index contributed by atoms with van der Waals surface area (Å²) in [6.07, 6.45) is 6.41. The summed E-state index contributed by atoms with van der Waals surface area (Å²) in [6, 6.07) is 6.93. The molecule has 1 aromatic rings. The second-order valence-electron chi connectivity index (χ2n) is 6.80. The molecule has 1 aliphatic carbocycles. The van der Waals surface area contributed by atoms with Crippen LogP contribution in [-0.4, -0.2) is 6.54 Å². The minimum Gasteiger partial charge on any atom is -0.312 e. The molecule has 0 aliphatic heterocycles. The van der Waals surface area contributed by atoms with Crippen molar-refractivity contribution in [2.24, 2.45) is 11.3 Å². The van der Waals surface area contributed by atoms with Crippen LogP contribution in [0.25, 0.3) is 0 Å². The van der Waals surface area contributed by atoms with E-state index in [2.05, 4.69) is 19.2 Å². The van der Waals surface area contributed by atoms with Crippen LogP contribution >= 0.6 is 0 Å². The Bertz CT molecular complexity index is 510. The zero-order valence-electron chi connectivity index (χ0n) is 13.1. The first-order valence-electron chi connectivity index (χ1n) is 7.94. The lowest BCUT2D eigenvalue weighted by Crippen LogP contribution is -2.33. The highest BCUT2D eigenvalue weighted by atomic mass is 19.1. The topological polar surface area (TPSA) is 35.8 Å². The van der Waals surface area contributed by atoms with Gasteiger partial charge in [-0.2, -0.15) is 5.26 Å².